The summed E-state index contributed by atoms with van der Waals surface area (Å²) in [5.74, 6) is -0.386. The largest absolute Gasteiger partial charge is 0.322 e. The number of hydrogen-bond acceptors (Lipinski definition) is 3. The Morgan fingerprint density at radius 1 is 1.19 bits per heavy atom. The van der Waals surface area contributed by atoms with Crippen molar-refractivity contribution in [3.63, 3.8) is 0 Å². The van der Waals surface area contributed by atoms with Crippen LogP contribution in [0.1, 0.15) is 35.7 Å². The van der Waals surface area contributed by atoms with Gasteiger partial charge in [0.05, 0.1) is 4.90 Å². The molecule has 1 N–H and O–H groups in total. The Balaban J connectivity index is 2.25. The zero-order chi connectivity index (χ0) is 19.3. The molecule has 1 amide bonds. The number of hydrogen-bond donors (Lipinski definition) is 1. The molecule has 0 radical (unpaired) electrons. The van der Waals surface area contributed by atoms with Crippen molar-refractivity contribution in [3.05, 3.63) is 58.6 Å². The van der Waals surface area contributed by atoms with Gasteiger partial charge in [-0.05, 0) is 49.2 Å². The maximum absolute atomic E-state index is 12.6. The molecule has 0 atom stereocenters. The SMILES string of the molecule is CCCCN(C)S(=O)(=O)c1cccc(C(=O)Nc2cccc(Cl)c2C)c1. The van der Waals surface area contributed by atoms with Crippen LogP contribution in [0.25, 0.3) is 0 Å². The first-order valence-electron chi connectivity index (χ1n) is 8.40. The molecule has 26 heavy (non-hydrogen) atoms. The van der Waals surface area contributed by atoms with Gasteiger partial charge in [-0.1, -0.05) is 37.1 Å². The van der Waals surface area contributed by atoms with E-state index in [-0.39, 0.29) is 16.4 Å². The van der Waals surface area contributed by atoms with E-state index in [4.69, 9.17) is 11.6 Å². The molecule has 0 unspecified atom stereocenters. The molecule has 0 aliphatic carbocycles. The topological polar surface area (TPSA) is 66.5 Å². The number of nitrogens with one attached hydrogen (secondary N) is 1. The van der Waals surface area contributed by atoms with Crippen LogP contribution < -0.4 is 5.32 Å². The van der Waals surface area contributed by atoms with Gasteiger partial charge in [0.15, 0.2) is 0 Å². The standard InChI is InChI=1S/C19H23ClN2O3S/c1-4-5-12-22(3)26(24,25)16-9-6-8-15(13-16)19(23)21-18-11-7-10-17(20)14(18)2/h6-11,13H,4-5,12H2,1-3H3,(H,21,23). The third-order valence-corrected chi connectivity index (χ3v) is 6.41. The molecule has 0 aliphatic heterocycles. The Bertz CT molecular complexity index is 897. The number of halogens is 1. The number of nitrogens with zero attached hydrogens (tertiary/aromatic N) is 1. The van der Waals surface area contributed by atoms with Crippen LogP contribution in [0.15, 0.2) is 47.4 Å². The van der Waals surface area contributed by atoms with Gasteiger partial charge in [-0.15, -0.1) is 0 Å². The number of unbranched alkanes of at least 4 members (excludes halogenated alkanes) is 1. The summed E-state index contributed by atoms with van der Waals surface area (Å²) >= 11 is 6.07. The van der Waals surface area contributed by atoms with E-state index >= 15 is 0 Å². The second-order valence-electron chi connectivity index (χ2n) is 6.07. The van der Waals surface area contributed by atoms with Crippen molar-refractivity contribution in [3.8, 4) is 0 Å². The first-order valence-corrected chi connectivity index (χ1v) is 10.2. The monoisotopic (exact) mass is 394 g/mol. The molecule has 2 aromatic carbocycles. The Kier molecular flexibility index (Phi) is 6.81. The lowest BCUT2D eigenvalue weighted by atomic mass is 10.1. The quantitative estimate of drug-likeness (QED) is 0.760. The van der Waals surface area contributed by atoms with E-state index in [0.29, 0.717) is 17.3 Å². The highest BCUT2D eigenvalue weighted by molar-refractivity contribution is 7.89. The van der Waals surface area contributed by atoms with Crippen LogP contribution in [-0.4, -0.2) is 32.2 Å². The van der Waals surface area contributed by atoms with E-state index < -0.39 is 10.0 Å². The van der Waals surface area contributed by atoms with Crippen molar-refractivity contribution < 1.29 is 13.2 Å². The van der Waals surface area contributed by atoms with Gasteiger partial charge in [-0.25, -0.2) is 12.7 Å². The summed E-state index contributed by atoms with van der Waals surface area (Å²) in [6.07, 6.45) is 1.69. The molecule has 2 aromatic rings. The molecule has 0 spiro atoms. The van der Waals surface area contributed by atoms with Crippen LogP contribution in [0.3, 0.4) is 0 Å². The molecule has 0 aliphatic rings. The number of benzene rings is 2. The van der Waals surface area contributed by atoms with Gasteiger partial charge < -0.3 is 5.32 Å². The molecule has 0 bridgehead atoms. The average Bonchev–Trinajstić information content (AvgIpc) is 2.63. The lowest BCUT2D eigenvalue weighted by Crippen LogP contribution is -2.28. The lowest BCUT2D eigenvalue weighted by molar-refractivity contribution is 0.102. The van der Waals surface area contributed by atoms with Crippen LogP contribution in [0.4, 0.5) is 5.69 Å². The molecule has 0 saturated carbocycles. The molecule has 7 heteroatoms. The number of amides is 1. The van der Waals surface area contributed by atoms with Gasteiger partial charge in [-0.3, -0.25) is 4.79 Å². The molecule has 0 aromatic heterocycles. The normalized spacial score (nSPS) is 11.6. The smallest absolute Gasteiger partial charge is 0.255 e. The molecule has 5 nitrogen and oxygen atoms in total. The van der Waals surface area contributed by atoms with Crippen LogP contribution in [0, 0.1) is 6.92 Å². The van der Waals surface area contributed by atoms with E-state index in [0.717, 1.165) is 18.4 Å². The van der Waals surface area contributed by atoms with Crippen molar-refractivity contribution >= 4 is 33.2 Å². The third-order valence-electron chi connectivity index (χ3n) is 4.15. The van der Waals surface area contributed by atoms with Gasteiger partial charge in [0.25, 0.3) is 5.91 Å². The fraction of sp³-hybridized carbons (Fsp3) is 0.316. The number of sulfonamides is 1. The fourth-order valence-corrected chi connectivity index (χ4v) is 3.85. The molecule has 0 heterocycles. The number of rotatable bonds is 7. The summed E-state index contributed by atoms with van der Waals surface area (Å²) in [5, 5.41) is 3.33. The Hall–Kier alpha value is -1.89. The molecule has 140 valence electrons. The molecular formula is C19H23ClN2O3S. The number of carbonyl (C=O) groups is 1. The molecule has 2 rings (SSSR count). The predicted octanol–water partition coefficient (Wildman–Crippen LogP) is 4.32. The molecule has 0 fully saturated rings. The Labute approximate surface area is 160 Å². The second kappa shape index (κ2) is 8.66. The maximum atomic E-state index is 12.6. The van der Waals surface area contributed by atoms with Crippen molar-refractivity contribution in [2.24, 2.45) is 0 Å². The minimum absolute atomic E-state index is 0.103. The summed E-state index contributed by atoms with van der Waals surface area (Å²) in [4.78, 5) is 12.6. The highest BCUT2D eigenvalue weighted by Gasteiger charge is 2.21. The summed E-state index contributed by atoms with van der Waals surface area (Å²) < 4.78 is 26.6. The van der Waals surface area contributed by atoms with Crippen molar-refractivity contribution in [1.29, 1.82) is 0 Å². The highest BCUT2D eigenvalue weighted by atomic mass is 35.5. The third kappa shape index (κ3) is 4.63. The average molecular weight is 395 g/mol. The number of carbonyl (C=O) groups excluding carboxylic acids is 1. The lowest BCUT2D eigenvalue weighted by Gasteiger charge is -2.17. The van der Waals surface area contributed by atoms with E-state index in [1.165, 1.54) is 16.4 Å². The summed E-state index contributed by atoms with van der Waals surface area (Å²) in [6, 6.07) is 11.3. The molecule has 0 saturated heterocycles. The Morgan fingerprint density at radius 3 is 2.58 bits per heavy atom. The minimum atomic E-state index is -3.62. The first kappa shape index (κ1) is 20.4. The van der Waals surface area contributed by atoms with Gasteiger partial charge >= 0.3 is 0 Å². The predicted molar refractivity (Wildman–Crippen MR) is 105 cm³/mol. The van der Waals surface area contributed by atoms with Gasteiger partial charge in [0.2, 0.25) is 10.0 Å². The Morgan fingerprint density at radius 2 is 1.88 bits per heavy atom. The van der Waals surface area contributed by atoms with E-state index in [9.17, 15) is 13.2 Å². The summed E-state index contributed by atoms with van der Waals surface area (Å²) in [5.41, 5.74) is 1.62. The summed E-state index contributed by atoms with van der Waals surface area (Å²) in [7, 11) is -2.07. The van der Waals surface area contributed by atoms with Crippen molar-refractivity contribution in [2.75, 3.05) is 18.9 Å². The van der Waals surface area contributed by atoms with E-state index in [1.807, 2.05) is 13.8 Å². The van der Waals surface area contributed by atoms with Gasteiger partial charge in [0, 0.05) is 29.9 Å². The summed E-state index contributed by atoms with van der Waals surface area (Å²) in [6.45, 7) is 4.25. The maximum Gasteiger partial charge on any atom is 0.255 e. The van der Waals surface area contributed by atoms with E-state index in [1.54, 1.807) is 37.4 Å². The van der Waals surface area contributed by atoms with Crippen LogP contribution in [0.2, 0.25) is 5.02 Å². The van der Waals surface area contributed by atoms with Gasteiger partial charge in [0.1, 0.15) is 0 Å². The van der Waals surface area contributed by atoms with Crippen molar-refractivity contribution in [1.82, 2.24) is 4.31 Å². The first-order chi connectivity index (χ1) is 12.3. The van der Waals surface area contributed by atoms with Crippen LogP contribution >= 0.6 is 11.6 Å². The zero-order valence-corrected chi connectivity index (χ0v) is 16.7. The van der Waals surface area contributed by atoms with E-state index in [2.05, 4.69) is 5.32 Å². The number of anilines is 1. The minimum Gasteiger partial charge on any atom is -0.322 e. The fourth-order valence-electron chi connectivity index (χ4n) is 2.42. The van der Waals surface area contributed by atoms with Crippen LogP contribution in [-0.2, 0) is 10.0 Å². The van der Waals surface area contributed by atoms with Gasteiger partial charge in [-0.2, -0.15) is 0 Å². The second-order valence-corrected chi connectivity index (χ2v) is 8.53. The highest BCUT2D eigenvalue weighted by Crippen LogP contribution is 2.24. The van der Waals surface area contributed by atoms with Crippen molar-refractivity contribution in [2.45, 2.75) is 31.6 Å². The zero-order valence-electron chi connectivity index (χ0n) is 15.1. The van der Waals surface area contributed by atoms with Crippen LogP contribution in [0.5, 0.6) is 0 Å². The molecular weight excluding hydrogens is 372 g/mol.